The molecule has 1 aromatic carbocycles. The number of rotatable bonds is 7. The average Bonchev–Trinajstić information content (AvgIpc) is 2.74. The first-order chi connectivity index (χ1) is 13.9. The van der Waals surface area contributed by atoms with Crippen LogP contribution in [0.3, 0.4) is 0 Å². The molecule has 1 aromatic rings. The number of carbonyl (C=O) groups excluding carboxylic acids is 3. The second-order valence-electron chi connectivity index (χ2n) is 6.98. The lowest BCUT2D eigenvalue weighted by Gasteiger charge is -2.28. The first kappa shape index (κ1) is 21.0. The number of allylic oxidation sites excluding steroid dienone is 1. The quantitative estimate of drug-likeness (QED) is 0.696. The third-order valence-electron chi connectivity index (χ3n) is 4.90. The third-order valence-corrected chi connectivity index (χ3v) is 6.11. The summed E-state index contributed by atoms with van der Waals surface area (Å²) in [6, 6.07) is 9.30. The molecule has 3 rings (SSSR count). The highest BCUT2D eigenvalue weighted by molar-refractivity contribution is 8.03. The van der Waals surface area contributed by atoms with Gasteiger partial charge in [-0.2, -0.15) is 9.48 Å². The lowest BCUT2D eigenvalue weighted by atomic mass is 9.96. The van der Waals surface area contributed by atoms with E-state index in [4.69, 9.17) is 0 Å². The number of hydrogen-bond donors (Lipinski definition) is 1. The fraction of sp³-hybridized carbons (Fsp3) is 0.381. The van der Waals surface area contributed by atoms with E-state index in [2.05, 4.69) is 17.2 Å². The Bertz CT molecular complexity index is 921. The van der Waals surface area contributed by atoms with Gasteiger partial charge in [-0.15, -0.1) is 16.8 Å². The number of hydrogen-bond acceptors (Lipinski definition) is 5. The van der Waals surface area contributed by atoms with Crippen molar-refractivity contribution in [3.8, 4) is 0 Å². The second-order valence-corrected chi connectivity index (χ2v) is 8.00. The minimum Gasteiger partial charge on any atom is -0.351 e. The highest BCUT2D eigenvalue weighted by atomic mass is 32.2. The van der Waals surface area contributed by atoms with Crippen molar-refractivity contribution < 1.29 is 19.0 Å². The minimum absolute atomic E-state index is 0.104. The van der Waals surface area contributed by atoms with Crippen molar-refractivity contribution in [1.82, 2.24) is 10.2 Å². The predicted octanol–water partition coefficient (Wildman–Crippen LogP) is 2.42. The molecule has 152 valence electrons. The zero-order valence-corrected chi connectivity index (χ0v) is 17.7. The van der Waals surface area contributed by atoms with Gasteiger partial charge in [-0.3, -0.25) is 9.59 Å². The summed E-state index contributed by atoms with van der Waals surface area (Å²) in [6.45, 7) is 2.52. The van der Waals surface area contributed by atoms with Gasteiger partial charge in [0.15, 0.2) is 5.92 Å². The molecule has 2 aliphatic rings. The van der Waals surface area contributed by atoms with E-state index in [1.54, 1.807) is 13.3 Å². The normalized spacial score (nSPS) is 19.0. The van der Waals surface area contributed by atoms with Gasteiger partial charge < -0.3 is 5.32 Å². The highest BCUT2D eigenvalue weighted by Crippen LogP contribution is 2.35. The summed E-state index contributed by atoms with van der Waals surface area (Å²) in [6.07, 6.45) is 3.38. The van der Waals surface area contributed by atoms with Crippen molar-refractivity contribution in [2.75, 3.05) is 19.8 Å². The molecule has 2 aliphatic heterocycles. The number of dihydropyridines is 1. The van der Waals surface area contributed by atoms with Crippen LogP contribution in [0.2, 0.25) is 0 Å². The van der Waals surface area contributed by atoms with Gasteiger partial charge in [-0.25, -0.2) is 4.79 Å². The number of amidine groups is 1. The Labute approximate surface area is 174 Å². The molecule has 1 unspecified atom stereocenters. The summed E-state index contributed by atoms with van der Waals surface area (Å²) in [5.41, 5.74) is 1.98. The standard InChI is InChI=1S/C21H24N4O3S/c1-4-8-15-12-23-19-17(20(27)25(3)21(28)24(19)2)18(15)29-13-16(26)22-11-14-9-6-5-7-10-14/h5-7,9-10,12,17H,4,8,11,13H2,1-3H3/p+1. The summed E-state index contributed by atoms with van der Waals surface area (Å²) >= 11 is 1.35. The van der Waals surface area contributed by atoms with Crippen molar-refractivity contribution in [2.24, 2.45) is 10.9 Å². The first-order valence-corrected chi connectivity index (χ1v) is 10.5. The van der Waals surface area contributed by atoms with E-state index in [0.717, 1.165) is 33.8 Å². The van der Waals surface area contributed by atoms with Gasteiger partial charge in [0.25, 0.3) is 5.84 Å². The zero-order chi connectivity index (χ0) is 21.0. The van der Waals surface area contributed by atoms with E-state index < -0.39 is 11.9 Å². The molecule has 0 saturated carbocycles. The minimum atomic E-state index is -0.638. The van der Waals surface area contributed by atoms with Crippen LogP contribution in [-0.4, -0.2) is 59.2 Å². The maximum absolute atomic E-state index is 12.9. The largest absolute Gasteiger partial charge is 0.445 e. The van der Waals surface area contributed by atoms with Gasteiger partial charge in [-0.1, -0.05) is 43.7 Å². The number of aliphatic imine (C=N–C) groups is 1. The number of amides is 4. The van der Waals surface area contributed by atoms with Crippen LogP contribution < -0.4 is 5.32 Å². The number of imide groups is 1. The van der Waals surface area contributed by atoms with Gasteiger partial charge >= 0.3 is 11.9 Å². The number of nitrogens with zero attached hydrogens (tertiary/aromatic N) is 3. The van der Waals surface area contributed by atoms with Crippen LogP contribution in [0.15, 0.2) is 45.8 Å². The van der Waals surface area contributed by atoms with Gasteiger partial charge in [0.05, 0.1) is 19.8 Å². The lowest BCUT2D eigenvalue weighted by molar-refractivity contribution is -0.407. The first-order valence-electron chi connectivity index (χ1n) is 9.56. The van der Waals surface area contributed by atoms with E-state index in [-0.39, 0.29) is 17.6 Å². The fourth-order valence-corrected chi connectivity index (χ4v) is 4.42. The Kier molecular flexibility index (Phi) is 6.64. The van der Waals surface area contributed by atoms with Crippen molar-refractivity contribution in [3.63, 3.8) is 0 Å². The maximum Gasteiger partial charge on any atom is 0.445 e. The number of fused-ring (bicyclic) bond motifs is 1. The van der Waals surface area contributed by atoms with Crippen LogP contribution >= 0.6 is 11.8 Å². The molecule has 1 N–H and O–H groups in total. The molecule has 0 bridgehead atoms. The number of benzene rings is 1. The molecule has 0 aromatic heterocycles. The molecule has 4 amide bonds. The van der Waals surface area contributed by atoms with Gasteiger partial charge in [0.2, 0.25) is 5.91 Å². The van der Waals surface area contributed by atoms with Crippen molar-refractivity contribution in [3.05, 3.63) is 46.4 Å². The van der Waals surface area contributed by atoms with E-state index >= 15 is 0 Å². The molecule has 0 fully saturated rings. The topological polar surface area (TPSA) is 81.9 Å². The van der Waals surface area contributed by atoms with Crippen molar-refractivity contribution in [2.45, 2.75) is 26.3 Å². The number of carbonyl (C=O) groups is 3. The average molecular weight is 414 g/mol. The molecule has 8 heteroatoms. The smallest absolute Gasteiger partial charge is 0.351 e. The molecule has 1 atom stereocenters. The van der Waals surface area contributed by atoms with Gasteiger partial charge in [0, 0.05) is 11.4 Å². The highest BCUT2D eigenvalue weighted by Gasteiger charge is 2.48. The third kappa shape index (κ3) is 4.48. The Morgan fingerprint density at radius 1 is 1.28 bits per heavy atom. The number of thioether (sulfide) groups is 1. The molecule has 0 radical (unpaired) electrons. The van der Waals surface area contributed by atoms with Gasteiger partial charge in [0.1, 0.15) is 6.21 Å². The van der Waals surface area contributed by atoms with Crippen LogP contribution in [-0.2, 0) is 16.1 Å². The lowest BCUT2D eigenvalue weighted by Crippen LogP contribution is -2.52. The van der Waals surface area contributed by atoms with Crippen LogP contribution in [0.25, 0.3) is 0 Å². The molecule has 0 spiro atoms. The Morgan fingerprint density at radius 3 is 2.69 bits per heavy atom. The van der Waals surface area contributed by atoms with Crippen molar-refractivity contribution >= 4 is 41.7 Å². The van der Waals surface area contributed by atoms with E-state index in [1.165, 1.54) is 23.4 Å². The molecular formula is C21H25N4O3S+. The van der Waals surface area contributed by atoms with E-state index in [0.29, 0.717) is 12.4 Å². The molecule has 0 aliphatic carbocycles. The summed E-state index contributed by atoms with van der Waals surface area (Å²) in [5, 5.41) is 2.91. The molecule has 2 heterocycles. The fourth-order valence-electron chi connectivity index (χ4n) is 3.32. The summed E-state index contributed by atoms with van der Waals surface area (Å²) in [4.78, 5) is 43.8. The Balaban J connectivity index is 1.77. The van der Waals surface area contributed by atoms with Gasteiger partial charge in [-0.05, 0) is 17.6 Å². The Morgan fingerprint density at radius 2 is 2.00 bits per heavy atom. The summed E-state index contributed by atoms with van der Waals surface area (Å²) < 4.78 is 1.40. The van der Waals surface area contributed by atoms with E-state index in [1.807, 2.05) is 30.3 Å². The molecular weight excluding hydrogens is 388 g/mol. The molecule has 29 heavy (non-hydrogen) atoms. The Hall–Kier alpha value is -2.74. The SMILES string of the molecule is CCCC1=C(SCC(=O)NCc2ccccc2)C2C(=O)N(C)C(=O)[N+](C)=C2N=C1. The van der Waals surface area contributed by atoms with Crippen LogP contribution in [0, 0.1) is 5.92 Å². The monoisotopic (exact) mass is 413 g/mol. The van der Waals surface area contributed by atoms with Crippen molar-refractivity contribution in [1.29, 1.82) is 0 Å². The van der Waals surface area contributed by atoms with Crippen LogP contribution in [0.4, 0.5) is 4.79 Å². The predicted molar refractivity (Wildman–Crippen MR) is 114 cm³/mol. The zero-order valence-electron chi connectivity index (χ0n) is 16.8. The summed E-state index contributed by atoms with van der Waals surface area (Å²) in [5.74, 6) is -0.429. The molecule has 0 saturated heterocycles. The summed E-state index contributed by atoms with van der Waals surface area (Å²) in [7, 11) is 3.09. The number of nitrogens with one attached hydrogen (secondary N) is 1. The molecule has 7 nitrogen and oxygen atoms in total. The van der Waals surface area contributed by atoms with Crippen LogP contribution in [0.1, 0.15) is 25.3 Å². The van der Waals surface area contributed by atoms with E-state index in [9.17, 15) is 14.4 Å². The second kappa shape index (κ2) is 9.17. The van der Waals surface area contributed by atoms with Crippen LogP contribution in [0.5, 0.6) is 0 Å². The number of urea groups is 1. The maximum atomic E-state index is 12.9.